The largest absolute Gasteiger partial charge is 0.387 e. The molecular weight excluding hydrogens is 372 g/mol. The Morgan fingerprint density at radius 3 is 2.22 bits per heavy atom. The summed E-state index contributed by atoms with van der Waals surface area (Å²) in [6, 6.07) is 15.7. The molecule has 0 radical (unpaired) electrons. The highest BCUT2D eigenvalue weighted by molar-refractivity contribution is 6.79. The lowest BCUT2D eigenvalue weighted by atomic mass is 10.0. The second-order valence-electron chi connectivity index (χ2n) is 8.48. The van der Waals surface area contributed by atoms with Crippen molar-refractivity contribution in [1.82, 2.24) is 4.23 Å². The van der Waals surface area contributed by atoms with Crippen LogP contribution in [0.15, 0.2) is 53.3 Å². The van der Waals surface area contributed by atoms with Gasteiger partial charge in [-0.1, -0.05) is 75.8 Å². The predicted octanol–water partition coefficient (Wildman–Crippen LogP) is 6.22. The molecule has 27 heavy (non-hydrogen) atoms. The highest BCUT2D eigenvalue weighted by Crippen LogP contribution is 2.40. The topological polar surface area (TPSA) is 34.0 Å². The molecule has 0 spiro atoms. The Bertz CT molecular complexity index is 1050. The monoisotopic (exact) mass is 398 g/mol. The first-order valence-corrected chi connectivity index (χ1v) is 12.5. The summed E-state index contributed by atoms with van der Waals surface area (Å²) in [5.41, 5.74) is 3.46. The molecule has 1 N–H and O–H groups in total. The van der Waals surface area contributed by atoms with Crippen LogP contribution in [0.25, 0.3) is 22.0 Å². The minimum Gasteiger partial charge on any atom is -0.387 e. The quantitative estimate of drug-likeness (QED) is 0.531. The van der Waals surface area contributed by atoms with Gasteiger partial charge in [0, 0.05) is 23.0 Å². The molecule has 0 aliphatic rings. The van der Waals surface area contributed by atoms with Crippen LogP contribution in [0, 0.1) is 0 Å². The maximum atomic E-state index is 13.9. The standard InChI is InChI=1S/C22H27ClN2OSi/c1-22(2,3)27(5,6)25-18-14-16(23)12-13-17(18)20(24-4)19(21(25)26)15-10-8-7-9-11-15/h7-14,24H,1-6H3. The van der Waals surface area contributed by atoms with Crippen molar-refractivity contribution < 1.29 is 0 Å². The van der Waals surface area contributed by atoms with Gasteiger partial charge in [0.15, 0.2) is 8.24 Å². The number of aromatic nitrogens is 1. The van der Waals surface area contributed by atoms with Crippen molar-refractivity contribution in [3.05, 3.63) is 63.9 Å². The molecule has 3 nitrogen and oxygen atoms in total. The van der Waals surface area contributed by atoms with Gasteiger partial charge in [-0.25, -0.2) is 0 Å². The van der Waals surface area contributed by atoms with Crippen molar-refractivity contribution in [1.29, 1.82) is 0 Å². The number of halogens is 1. The fraction of sp³-hybridized carbons (Fsp3) is 0.318. The summed E-state index contributed by atoms with van der Waals surface area (Å²) in [4.78, 5) is 13.9. The summed E-state index contributed by atoms with van der Waals surface area (Å²) in [7, 11) is -0.328. The second kappa shape index (κ2) is 6.84. The summed E-state index contributed by atoms with van der Waals surface area (Å²) in [5.74, 6) is 0. The Hall–Kier alpha value is -2.04. The summed E-state index contributed by atoms with van der Waals surface area (Å²) in [5, 5.41) is 4.94. The van der Waals surface area contributed by atoms with E-state index in [-0.39, 0.29) is 10.6 Å². The third-order valence-electron chi connectivity index (χ3n) is 5.84. The molecule has 0 aliphatic heterocycles. The van der Waals surface area contributed by atoms with Crippen LogP contribution in [0.2, 0.25) is 23.2 Å². The van der Waals surface area contributed by atoms with E-state index in [9.17, 15) is 4.79 Å². The highest BCUT2D eigenvalue weighted by atomic mass is 35.5. The molecular formula is C22H27ClN2OSi. The van der Waals surface area contributed by atoms with Gasteiger partial charge in [0.25, 0.3) is 5.56 Å². The lowest BCUT2D eigenvalue weighted by Gasteiger charge is -2.39. The lowest BCUT2D eigenvalue weighted by molar-refractivity contribution is 0.699. The molecule has 0 fully saturated rings. The molecule has 0 saturated carbocycles. The molecule has 1 heterocycles. The summed E-state index contributed by atoms with van der Waals surface area (Å²) in [6.45, 7) is 11.2. The fourth-order valence-corrected chi connectivity index (χ4v) is 5.63. The number of nitrogens with one attached hydrogen (secondary N) is 1. The summed E-state index contributed by atoms with van der Waals surface area (Å²) >= 11 is 6.34. The molecule has 0 bridgehead atoms. The van der Waals surface area contributed by atoms with Gasteiger partial charge in [0.1, 0.15) is 0 Å². The van der Waals surface area contributed by atoms with E-state index in [0.717, 1.165) is 27.7 Å². The number of benzene rings is 2. The average Bonchev–Trinajstić information content (AvgIpc) is 2.59. The van der Waals surface area contributed by atoms with Crippen LogP contribution in [-0.2, 0) is 0 Å². The Morgan fingerprint density at radius 1 is 1.04 bits per heavy atom. The van der Waals surface area contributed by atoms with Crippen LogP contribution in [0.1, 0.15) is 20.8 Å². The minimum absolute atomic E-state index is 0.00118. The molecule has 5 heteroatoms. The van der Waals surface area contributed by atoms with Crippen molar-refractivity contribution in [2.45, 2.75) is 38.9 Å². The number of pyridine rings is 1. The smallest absolute Gasteiger partial charge is 0.253 e. The van der Waals surface area contributed by atoms with Crippen LogP contribution in [-0.4, -0.2) is 19.5 Å². The first-order valence-electron chi connectivity index (χ1n) is 9.21. The van der Waals surface area contributed by atoms with E-state index in [1.807, 2.05) is 55.6 Å². The third-order valence-corrected chi connectivity index (χ3v) is 11.3. The van der Waals surface area contributed by atoms with Crippen molar-refractivity contribution in [2.75, 3.05) is 12.4 Å². The predicted molar refractivity (Wildman–Crippen MR) is 121 cm³/mol. The fourth-order valence-electron chi connectivity index (χ4n) is 3.39. The zero-order valence-corrected chi connectivity index (χ0v) is 18.6. The maximum absolute atomic E-state index is 13.9. The molecule has 2 aromatic carbocycles. The molecule has 0 amide bonds. The first-order chi connectivity index (χ1) is 12.6. The number of hydrogen-bond donors (Lipinski definition) is 1. The molecule has 142 valence electrons. The van der Waals surface area contributed by atoms with Gasteiger partial charge in [-0.15, -0.1) is 0 Å². The van der Waals surface area contributed by atoms with Crippen LogP contribution in [0.4, 0.5) is 5.69 Å². The van der Waals surface area contributed by atoms with E-state index in [2.05, 4.69) is 43.4 Å². The van der Waals surface area contributed by atoms with Gasteiger partial charge < -0.3 is 9.55 Å². The molecule has 3 aromatic rings. The molecule has 0 aliphatic carbocycles. The Balaban J connectivity index is 2.58. The Kier molecular flexibility index (Phi) is 5.00. The van der Waals surface area contributed by atoms with Gasteiger partial charge in [0.2, 0.25) is 0 Å². The van der Waals surface area contributed by atoms with E-state index in [1.165, 1.54) is 0 Å². The van der Waals surface area contributed by atoms with E-state index >= 15 is 0 Å². The SMILES string of the molecule is CNc1c(-c2ccccc2)c(=O)n([Si](C)(C)C(C)(C)C)c2cc(Cl)ccc12. The number of fused-ring (bicyclic) bond motifs is 1. The third kappa shape index (κ3) is 3.21. The molecule has 0 atom stereocenters. The summed E-state index contributed by atoms with van der Waals surface area (Å²) in [6.07, 6.45) is 0. The highest BCUT2D eigenvalue weighted by Gasteiger charge is 2.40. The maximum Gasteiger partial charge on any atom is 0.253 e. The molecule has 0 unspecified atom stereocenters. The van der Waals surface area contributed by atoms with E-state index in [1.54, 1.807) is 0 Å². The lowest BCUT2D eigenvalue weighted by Crippen LogP contribution is -2.51. The van der Waals surface area contributed by atoms with Crippen LogP contribution in [0.5, 0.6) is 0 Å². The molecule has 1 aromatic heterocycles. The van der Waals surface area contributed by atoms with Gasteiger partial charge in [0.05, 0.1) is 11.3 Å². The van der Waals surface area contributed by atoms with Crippen molar-refractivity contribution in [3.8, 4) is 11.1 Å². The van der Waals surface area contributed by atoms with Crippen molar-refractivity contribution in [3.63, 3.8) is 0 Å². The molecule has 0 saturated heterocycles. The van der Waals surface area contributed by atoms with Crippen LogP contribution in [0.3, 0.4) is 0 Å². The Morgan fingerprint density at radius 2 is 1.67 bits per heavy atom. The van der Waals surface area contributed by atoms with Gasteiger partial charge in [-0.05, 0) is 28.8 Å². The van der Waals surface area contributed by atoms with Gasteiger partial charge >= 0.3 is 0 Å². The van der Waals surface area contributed by atoms with Gasteiger partial charge in [-0.2, -0.15) is 0 Å². The van der Waals surface area contributed by atoms with Crippen molar-refractivity contribution >= 4 is 36.4 Å². The average molecular weight is 399 g/mol. The summed E-state index contributed by atoms with van der Waals surface area (Å²) < 4.78 is 2.05. The Labute approximate surface area is 167 Å². The van der Waals surface area contributed by atoms with Crippen LogP contribution >= 0.6 is 11.6 Å². The number of rotatable bonds is 3. The second-order valence-corrected chi connectivity index (χ2v) is 14.0. The zero-order valence-electron chi connectivity index (χ0n) is 16.9. The van der Waals surface area contributed by atoms with E-state index in [0.29, 0.717) is 5.02 Å². The minimum atomic E-state index is -2.20. The van der Waals surface area contributed by atoms with Crippen LogP contribution < -0.4 is 10.9 Å². The van der Waals surface area contributed by atoms with E-state index < -0.39 is 8.24 Å². The van der Waals surface area contributed by atoms with Crippen molar-refractivity contribution in [2.24, 2.45) is 0 Å². The zero-order chi connectivity index (χ0) is 20.0. The number of anilines is 1. The molecule has 3 rings (SSSR count). The number of nitrogens with zero attached hydrogens (tertiary/aromatic N) is 1. The van der Waals surface area contributed by atoms with Gasteiger partial charge in [-0.3, -0.25) is 4.79 Å². The first kappa shape index (κ1) is 19.7. The normalized spacial score (nSPS) is 12.4. The van der Waals surface area contributed by atoms with E-state index in [4.69, 9.17) is 11.6 Å². The number of hydrogen-bond acceptors (Lipinski definition) is 2.